The number of aryl methyl sites for hydroxylation is 1. The lowest BCUT2D eigenvalue weighted by Gasteiger charge is -2.06. The van der Waals surface area contributed by atoms with E-state index in [1.54, 1.807) is 12.1 Å². The van der Waals surface area contributed by atoms with Gasteiger partial charge < -0.3 is 5.73 Å². The number of benzene rings is 1. The van der Waals surface area contributed by atoms with E-state index in [1.807, 2.05) is 16.9 Å². The summed E-state index contributed by atoms with van der Waals surface area (Å²) in [6.07, 6.45) is 0.533. The highest BCUT2D eigenvalue weighted by atomic mass is 32.2. The maximum Gasteiger partial charge on any atom is 0.234 e. The van der Waals surface area contributed by atoms with E-state index in [9.17, 15) is 13.2 Å². The Kier molecular flexibility index (Phi) is 4.51. The van der Waals surface area contributed by atoms with Crippen LogP contribution in [-0.4, -0.2) is 20.1 Å². The maximum atomic E-state index is 11.4. The summed E-state index contributed by atoms with van der Waals surface area (Å²) in [5.74, 6) is -0.609. The molecule has 0 saturated heterocycles. The molecule has 0 atom stereocenters. The lowest BCUT2D eigenvalue weighted by atomic mass is 10.1. The second kappa shape index (κ2) is 5.67. The van der Waals surface area contributed by atoms with Crippen LogP contribution in [0.3, 0.4) is 0 Å². The SMILES string of the molecule is CCS(=O)(=O)NC(=O)CCc1ccccc1N. The Morgan fingerprint density at radius 3 is 2.59 bits per heavy atom. The third-order valence-corrected chi connectivity index (χ3v) is 3.62. The zero-order chi connectivity index (χ0) is 12.9. The van der Waals surface area contributed by atoms with E-state index < -0.39 is 15.9 Å². The lowest BCUT2D eigenvalue weighted by molar-refractivity contribution is -0.119. The van der Waals surface area contributed by atoms with E-state index in [-0.39, 0.29) is 12.2 Å². The van der Waals surface area contributed by atoms with Crippen LogP contribution in [0.5, 0.6) is 0 Å². The first-order valence-corrected chi connectivity index (χ1v) is 6.96. The number of carbonyl (C=O) groups is 1. The van der Waals surface area contributed by atoms with Gasteiger partial charge in [-0.3, -0.25) is 9.52 Å². The first-order chi connectivity index (χ1) is 7.94. The van der Waals surface area contributed by atoms with Crippen LogP contribution >= 0.6 is 0 Å². The van der Waals surface area contributed by atoms with E-state index in [2.05, 4.69) is 0 Å². The molecule has 0 aliphatic carbocycles. The van der Waals surface area contributed by atoms with Crippen molar-refractivity contribution >= 4 is 21.6 Å². The molecular formula is C11H16N2O3S. The average molecular weight is 256 g/mol. The van der Waals surface area contributed by atoms with Gasteiger partial charge in [0.25, 0.3) is 0 Å². The van der Waals surface area contributed by atoms with Crippen molar-refractivity contribution in [2.45, 2.75) is 19.8 Å². The number of sulfonamides is 1. The molecule has 0 saturated carbocycles. The fraction of sp³-hybridized carbons (Fsp3) is 0.364. The van der Waals surface area contributed by atoms with Gasteiger partial charge in [-0.2, -0.15) is 0 Å². The molecule has 94 valence electrons. The van der Waals surface area contributed by atoms with E-state index in [4.69, 9.17) is 5.73 Å². The molecule has 0 heterocycles. The number of nitrogen functional groups attached to an aromatic ring is 1. The van der Waals surface area contributed by atoms with Crippen LogP contribution in [0.2, 0.25) is 0 Å². The van der Waals surface area contributed by atoms with Crippen molar-refractivity contribution in [3.05, 3.63) is 29.8 Å². The highest BCUT2D eigenvalue weighted by Crippen LogP contribution is 2.12. The van der Waals surface area contributed by atoms with Gasteiger partial charge >= 0.3 is 0 Å². The Bertz CT molecular complexity index is 497. The summed E-state index contributed by atoms with van der Waals surface area (Å²) in [4.78, 5) is 11.4. The topological polar surface area (TPSA) is 89.3 Å². The third kappa shape index (κ3) is 4.44. The Balaban J connectivity index is 2.53. The van der Waals surface area contributed by atoms with Gasteiger partial charge in [0.15, 0.2) is 0 Å². The normalized spacial score (nSPS) is 11.1. The Labute approximate surface area is 101 Å². The van der Waals surface area contributed by atoms with Gasteiger partial charge in [0.2, 0.25) is 15.9 Å². The Morgan fingerprint density at radius 2 is 2.00 bits per heavy atom. The summed E-state index contributed by atoms with van der Waals surface area (Å²) in [6, 6.07) is 7.19. The number of carbonyl (C=O) groups excluding carboxylic acids is 1. The summed E-state index contributed by atoms with van der Waals surface area (Å²) in [5.41, 5.74) is 7.16. The number of anilines is 1. The molecule has 1 aromatic rings. The molecule has 0 spiro atoms. The number of rotatable bonds is 5. The summed E-state index contributed by atoms with van der Waals surface area (Å²) in [7, 11) is -3.46. The smallest absolute Gasteiger partial charge is 0.234 e. The average Bonchev–Trinajstić information content (AvgIpc) is 2.27. The second-order valence-corrected chi connectivity index (χ2v) is 5.64. The highest BCUT2D eigenvalue weighted by Gasteiger charge is 2.11. The van der Waals surface area contributed by atoms with E-state index in [1.165, 1.54) is 6.92 Å². The van der Waals surface area contributed by atoms with Crippen LogP contribution in [0.25, 0.3) is 0 Å². The number of para-hydroxylation sites is 1. The lowest BCUT2D eigenvalue weighted by Crippen LogP contribution is -2.31. The van der Waals surface area contributed by atoms with E-state index >= 15 is 0 Å². The Hall–Kier alpha value is -1.56. The predicted octanol–water partition coefficient (Wildman–Crippen LogP) is 0.667. The van der Waals surface area contributed by atoms with Gasteiger partial charge in [-0.25, -0.2) is 8.42 Å². The van der Waals surface area contributed by atoms with Crippen molar-refractivity contribution in [1.82, 2.24) is 4.72 Å². The minimum atomic E-state index is -3.46. The number of nitrogens with one attached hydrogen (secondary N) is 1. The molecule has 17 heavy (non-hydrogen) atoms. The molecule has 0 fully saturated rings. The van der Waals surface area contributed by atoms with Crippen LogP contribution in [0.4, 0.5) is 5.69 Å². The Morgan fingerprint density at radius 1 is 1.35 bits per heavy atom. The van der Waals surface area contributed by atoms with Gasteiger partial charge in [0.05, 0.1) is 5.75 Å². The second-order valence-electron chi connectivity index (χ2n) is 3.63. The van der Waals surface area contributed by atoms with Crippen molar-refractivity contribution in [3.8, 4) is 0 Å². The van der Waals surface area contributed by atoms with E-state index in [0.717, 1.165) is 5.56 Å². The van der Waals surface area contributed by atoms with Crippen LogP contribution < -0.4 is 10.5 Å². The molecule has 1 rings (SSSR count). The molecule has 5 nitrogen and oxygen atoms in total. The maximum absolute atomic E-state index is 11.4. The molecule has 0 radical (unpaired) electrons. The van der Waals surface area contributed by atoms with Gasteiger partial charge in [-0.05, 0) is 25.0 Å². The fourth-order valence-corrected chi connectivity index (χ4v) is 1.90. The molecule has 0 aliphatic heterocycles. The van der Waals surface area contributed by atoms with Gasteiger partial charge in [-0.15, -0.1) is 0 Å². The summed E-state index contributed by atoms with van der Waals surface area (Å²) in [5, 5.41) is 0. The highest BCUT2D eigenvalue weighted by molar-refractivity contribution is 7.90. The first kappa shape index (κ1) is 13.5. The molecule has 0 aliphatic rings. The minimum absolute atomic E-state index is 0.105. The molecule has 1 aromatic carbocycles. The molecule has 3 N–H and O–H groups in total. The fourth-order valence-electron chi connectivity index (χ4n) is 1.31. The molecule has 0 aromatic heterocycles. The summed E-state index contributed by atoms with van der Waals surface area (Å²) < 4.78 is 24.3. The molecule has 0 unspecified atom stereocenters. The van der Waals surface area contributed by atoms with Crippen molar-refractivity contribution < 1.29 is 13.2 Å². The van der Waals surface area contributed by atoms with Crippen LogP contribution in [-0.2, 0) is 21.2 Å². The van der Waals surface area contributed by atoms with Crippen molar-refractivity contribution in [2.24, 2.45) is 0 Å². The number of hydrogen-bond donors (Lipinski definition) is 2. The van der Waals surface area contributed by atoms with Crippen molar-refractivity contribution in [3.63, 3.8) is 0 Å². The van der Waals surface area contributed by atoms with Gasteiger partial charge in [0.1, 0.15) is 0 Å². The molecule has 0 bridgehead atoms. The number of hydrogen-bond acceptors (Lipinski definition) is 4. The summed E-state index contributed by atoms with van der Waals surface area (Å²) in [6.45, 7) is 1.48. The van der Waals surface area contributed by atoms with Gasteiger partial charge in [0, 0.05) is 12.1 Å². The van der Waals surface area contributed by atoms with Crippen molar-refractivity contribution in [1.29, 1.82) is 0 Å². The monoisotopic (exact) mass is 256 g/mol. The summed E-state index contributed by atoms with van der Waals surface area (Å²) >= 11 is 0. The molecular weight excluding hydrogens is 240 g/mol. The molecule has 6 heteroatoms. The number of amides is 1. The quantitative estimate of drug-likeness (QED) is 0.758. The third-order valence-electron chi connectivity index (χ3n) is 2.33. The van der Waals surface area contributed by atoms with Crippen LogP contribution in [0.1, 0.15) is 18.9 Å². The van der Waals surface area contributed by atoms with Gasteiger partial charge in [-0.1, -0.05) is 18.2 Å². The number of nitrogens with two attached hydrogens (primary N) is 1. The minimum Gasteiger partial charge on any atom is -0.399 e. The first-order valence-electron chi connectivity index (χ1n) is 5.31. The van der Waals surface area contributed by atoms with Crippen LogP contribution in [0.15, 0.2) is 24.3 Å². The zero-order valence-corrected chi connectivity index (χ0v) is 10.5. The zero-order valence-electron chi connectivity index (χ0n) is 9.64. The predicted molar refractivity (Wildman–Crippen MR) is 66.8 cm³/mol. The standard InChI is InChI=1S/C11H16N2O3S/c1-2-17(15,16)13-11(14)8-7-9-5-3-4-6-10(9)12/h3-6H,2,7-8,12H2,1H3,(H,13,14). The van der Waals surface area contributed by atoms with Crippen molar-refractivity contribution in [2.75, 3.05) is 11.5 Å². The largest absolute Gasteiger partial charge is 0.399 e. The van der Waals surface area contributed by atoms with Crippen LogP contribution in [0, 0.1) is 0 Å². The molecule has 1 amide bonds. The van der Waals surface area contributed by atoms with E-state index in [0.29, 0.717) is 12.1 Å².